The number of halogens is 3. The second-order valence-corrected chi connectivity index (χ2v) is 7.11. The fourth-order valence-electron chi connectivity index (χ4n) is 1.68. The van der Waals surface area contributed by atoms with Crippen LogP contribution in [0.25, 0.3) is 0 Å². The van der Waals surface area contributed by atoms with Crippen molar-refractivity contribution in [3.8, 4) is 0 Å². The molecule has 0 rings (SSSR count). The predicted octanol–water partition coefficient (Wildman–Crippen LogP) is 5.88. The van der Waals surface area contributed by atoms with Crippen LogP contribution < -0.4 is 0 Å². The van der Waals surface area contributed by atoms with Gasteiger partial charge in [0.1, 0.15) is 0 Å². The Labute approximate surface area is 133 Å². The maximum atomic E-state index is 5.86. The summed E-state index contributed by atoms with van der Waals surface area (Å²) in [5, 5.41) is 0. The van der Waals surface area contributed by atoms with E-state index < -0.39 is 10.1 Å². The van der Waals surface area contributed by atoms with E-state index >= 15 is 0 Å². The molecule has 0 amide bonds. The van der Waals surface area contributed by atoms with E-state index in [2.05, 4.69) is 13.8 Å². The van der Waals surface area contributed by atoms with Crippen molar-refractivity contribution in [1.82, 2.24) is 0 Å². The monoisotopic (exact) mass is 332 g/mol. The number of rotatable bonds is 12. The maximum Gasteiger partial charge on any atom is 0.240 e. The highest BCUT2D eigenvalue weighted by molar-refractivity contribution is 6.67. The van der Waals surface area contributed by atoms with E-state index in [0.29, 0.717) is 13.2 Å². The first-order valence-electron chi connectivity index (χ1n) is 7.32. The summed E-state index contributed by atoms with van der Waals surface area (Å²) in [5.41, 5.74) is 0. The van der Waals surface area contributed by atoms with Gasteiger partial charge in [-0.25, -0.2) is 0 Å². The molecular weight excluding hydrogens is 307 g/mol. The number of unbranched alkanes of at least 4 members (excludes halogenated alkanes) is 6. The van der Waals surface area contributed by atoms with Crippen molar-refractivity contribution in [2.45, 2.75) is 75.3 Å². The average Bonchev–Trinajstić information content (AvgIpc) is 2.34. The Bertz CT molecular complexity index is 182. The second kappa shape index (κ2) is 12.5. The Hall–Kier alpha value is 0.790. The largest absolute Gasteiger partial charge is 0.349 e. The highest BCUT2D eigenvalue weighted by Gasteiger charge is 2.34. The van der Waals surface area contributed by atoms with Crippen molar-refractivity contribution in [2.24, 2.45) is 0 Å². The molecule has 0 aromatic rings. The van der Waals surface area contributed by atoms with Crippen molar-refractivity contribution in [2.75, 3.05) is 13.2 Å². The van der Waals surface area contributed by atoms with E-state index in [1.807, 2.05) is 0 Å². The molecule has 0 aliphatic rings. The van der Waals surface area contributed by atoms with E-state index in [1.165, 1.54) is 25.7 Å². The van der Waals surface area contributed by atoms with Crippen molar-refractivity contribution in [3.05, 3.63) is 0 Å². The molecule has 0 aliphatic carbocycles. The summed E-state index contributed by atoms with van der Waals surface area (Å²) >= 11 is 17.6. The smallest absolute Gasteiger partial charge is 0.240 e. The average molecular weight is 334 g/mol. The van der Waals surface area contributed by atoms with Crippen molar-refractivity contribution in [3.63, 3.8) is 0 Å². The zero-order chi connectivity index (χ0) is 14.6. The first-order chi connectivity index (χ1) is 9.02. The number of hydrogen-bond donors (Lipinski definition) is 0. The Kier molecular flexibility index (Phi) is 13.0. The molecule has 0 saturated carbocycles. The molecule has 0 atom stereocenters. The molecule has 0 bridgehead atoms. The third-order valence-electron chi connectivity index (χ3n) is 2.80. The quantitative estimate of drug-likeness (QED) is 0.252. The first kappa shape index (κ1) is 19.8. The van der Waals surface area contributed by atoms with Gasteiger partial charge in [0.25, 0.3) is 0 Å². The molecule has 5 heteroatoms. The highest BCUT2D eigenvalue weighted by atomic mass is 35.6. The summed E-state index contributed by atoms with van der Waals surface area (Å²) in [5.74, 6) is 0. The van der Waals surface area contributed by atoms with Gasteiger partial charge in [0.05, 0.1) is 0 Å². The lowest BCUT2D eigenvalue weighted by atomic mass is 10.2. The Morgan fingerprint density at radius 3 is 1.47 bits per heavy atom. The summed E-state index contributed by atoms with van der Waals surface area (Å²) in [6, 6.07) is 0. The van der Waals surface area contributed by atoms with Crippen LogP contribution in [-0.2, 0) is 9.47 Å². The molecule has 0 fully saturated rings. The maximum absolute atomic E-state index is 5.86. The van der Waals surface area contributed by atoms with Gasteiger partial charge in [0.2, 0.25) is 10.1 Å². The van der Waals surface area contributed by atoms with E-state index in [0.717, 1.165) is 25.7 Å². The van der Waals surface area contributed by atoms with Crippen LogP contribution in [0.2, 0.25) is 0 Å². The van der Waals surface area contributed by atoms with Gasteiger partial charge in [0.15, 0.2) is 0 Å². The SMILES string of the molecule is CCCCCCOC(OCCCCCC)C(Cl)(Cl)Cl. The summed E-state index contributed by atoms with van der Waals surface area (Å²) in [7, 11) is 0. The molecule has 19 heavy (non-hydrogen) atoms. The minimum Gasteiger partial charge on any atom is -0.349 e. The zero-order valence-electron chi connectivity index (χ0n) is 12.1. The Morgan fingerprint density at radius 2 is 1.16 bits per heavy atom. The predicted molar refractivity (Wildman–Crippen MR) is 84.3 cm³/mol. The summed E-state index contributed by atoms with van der Waals surface area (Å²) in [6.45, 7) is 5.50. The van der Waals surface area contributed by atoms with Crippen LogP contribution in [0, 0.1) is 0 Å². The molecule has 0 N–H and O–H groups in total. The van der Waals surface area contributed by atoms with Crippen LogP contribution in [0.1, 0.15) is 65.2 Å². The fraction of sp³-hybridized carbons (Fsp3) is 1.00. The van der Waals surface area contributed by atoms with Crippen LogP contribution in [0.4, 0.5) is 0 Å². The lowest BCUT2D eigenvalue weighted by molar-refractivity contribution is -0.140. The third kappa shape index (κ3) is 12.3. The molecule has 0 spiro atoms. The van der Waals surface area contributed by atoms with Crippen LogP contribution in [-0.4, -0.2) is 23.3 Å². The van der Waals surface area contributed by atoms with Crippen molar-refractivity contribution >= 4 is 34.8 Å². The molecule has 0 aliphatic heterocycles. The number of alkyl halides is 3. The van der Waals surface area contributed by atoms with Gasteiger partial charge >= 0.3 is 0 Å². The van der Waals surface area contributed by atoms with Crippen LogP contribution >= 0.6 is 34.8 Å². The van der Waals surface area contributed by atoms with Crippen LogP contribution in [0.5, 0.6) is 0 Å². The van der Waals surface area contributed by atoms with Crippen LogP contribution in [0.3, 0.4) is 0 Å². The van der Waals surface area contributed by atoms with E-state index in [-0.39, 0.29) is 0 Å². The summed E-state index contributed by atoms with van der Waals surface area (Å²) in [6.07, 6.45) is 8.28. The van der Waals surface area contributed by atoms with E-state index in [4.69, 9.17) is 44.3 Å². The molecule has 2 nitrogen and oxygen atoms in total. The van der Waals surface area contributed by atoms with E-state index in [9.17, 15) is 0 Å². The Balaban J connectivity index is 3.77. The standard InChI is InChI=1S/C14H27Cl3O2/c1-3-5-7-9-11-18-13(14(15,16)17)19-12-10-8-6-4-2/h13H,3-12H2,1-2H3. The van der Waals surface area contributed by atoms with Gasteiger partial charge in [-0.15, -0.1) is 0 Å². The molecule has 0 aromatic carbocycles. The molecule has 0 saturated heterocycles. The summed E-state index contributed by atoms with van der Waals surface area (Å²) < 4.78 is 9.56. The zero-order valence-corrected chi connectivity index (χ0v) is 14.4. The molecule has 116 valence electrons. The molecule has 0 aromatic heterocycles. The molecule has 0 unspecified atom stereocenters. The van der Waals surface area contributed by atoms with Crippen molar-refractivity contribution in [1.29, 1.82) is 0 Å². The lowest BCUT2D eigenvalue weighted by Gasteiger charge is -2.24. The first-order valence-corrected chi connectivity index (χ1v) is 8.45. The van der Waals surface area contributed by atoms with Gasteiger partial charge in [-0.1, -0.05) is 87.2 Å². The Morgan fingerprint density at radius 1 is 0.737 bits per heavy atom. The van der Waals surface area contributed by atoms with Gasteiger partial charge in [-0.2, -0.15) is 0 Å². The third-order valence-corrected chi connectivity index (χ3v) is 3.34. The normalized spacial score (nSPS) is 12.3. The minimum absolute atomic E-state index is 0.577. The van der Waals surface area contributed by atoms with Gasteiger partial charge in [-0.05, 0) is 12.8 Å². The summed E-state index contributed by atoms with van der Waals surface area (Å²) in [4.78, 5) is 0. The molecule has 0 radical (unpaired) electrons. The van der Waals surface area contributed by atoms with Gasteiger partial charge in [0, 0.05) is 13.2 Å². The lowest BCUT2D eigenvalue weighted by Crippen LogP contribution is -2.32. The number of ether oxygens (including phenoxy) is 2. The topological polar surface area (TPSA) is 18.5 Å². The van der Waals surface area contributed by atoms with E-state index in [1.54, 1.807) is 0 Å². The second-order valence-electron chi connectivity index (χ2n) is 4.74. The van der Waals surface area contributed by atoms with Crippen molar-refractivity contribution < 1.29 is 9.47 Å². The van der Waals surface area contributed by atoms with Gasteiger partial charge in [-0.3, -0.25) is 0 Å². The van der Waals surface area contributed by atoms with Gasteiger partial charge < -0.3 is 9.47 Å². The molecular formula is C14H27Cl3O2. The minimum atomic E-state index is -1.52. The molecule has 0 heterocycles. The highest BCUT2D eigenvalue weighted by Crippen LogP contribution is 2.33. The fourth-order valence-corrected chi connectivity index (χ4v) is 2.05. The number of hydrogen-bond acceptors (Lipinski definition) is 2. The van der Waals surface area contributed by atoms with Crippen LogP contribution in [0.15, 0.2) is 0 Å².